The molecule has 1 saturated heterocycles. The molecular formula is C15H26O5. The maximum atomic E-state index is 11.4. The van der Waals surface area contributed by atoms with Crippen molar-refractivity contribution in [3.05, 3.63) is 0 Å². The topological polar surface area (TPSA) is 90.2 Å². The average Bonchev–Trinajstić information content (AvgIpc) is 2.33. The Hall–Kier alpha value is -0.200. The zero-order valence-electron chi connectivity index (χ0n) is 12.5. The fourth-order valence-corrected chi connectivity index (χ4v) is 5.14. The van der Waals surface area contributed by atoms with Crippen molar-refractivity contribution in [1.82, 2.24) is 0 Å². The molecule has 0 unspecified atom stereocenters. The molecular weight excluding hydrogens is 260 g/mol. The second-order valence-electron chi connectivity index (χ2n) is 7.70. The van der Waals surface area contributed by atoms with E-state index in [4.69, 9.17) is 4.74 Å². The van der Waals surface area contributed by atoms with E-state index in [0.29, 0.717) is 25.7 Å². The highest BCUT2D eigenvalue weighted by atomic mass is 16.5. The van der Waals surface area contributed by atoms with Crippen LogP contribution in [0, 0.1) is 11.3 Å². The summed E-state index contributed by atoms with van der Waals surface area (Å²) in [6.45, 7) is 5.40. The Balaban J connectivity index is 2.17. The standard InChI is InChI=1S/C15H26O5/c1-12(2)9-6-11(18)14(8-16)10(17)4-5-13(3,20-12)15(14,19)7-9/h9-11,16-19H,4-8H2,1-3H3/t9-,10+,11-,13+,14+,15-/m1/s1. The normalized spacial score (nSPS) is 57.5. The van der Waals surface area contributed by atoms with Crippen LogP contribution in [-0.4, -0.2) is 56.0 Å². The Labute approximate surface area is 119 Å². The number of aliphatic hydroxyl groups excluding tert-OH is 3. The molecule has 5 heteroatoms. The van der Waals surface area contributed by atoms with Crippen LogP contribution in [-0.2, 0) is 4.74 Å². The molecule has 2 bridgehead atoms. The van der Waals surface area contributed by atoms with Crippen LogP contribution in [0.2, 0.25) is 0 Å². The Morgan fingerprint density at radius 2 is 1.80 bits per heavy atom. The van der Waals surface area contributed by atoms with Crippen LogP contribution in [0.5, 0.6) is 0 Å². The third-order valence-electron chi connectivity index (χ3n) is 6.51. The van der Waals surface area contributed by atoms with Crippen LogP contribution < -0.4 is 0 Å². The van der Waals surface area contributed by atoms with Gasteiger partial charge in [-0.2, -0.15) is 0 Å². The Bertz CT molecular complexity index is 424. The molecule has 0 aromatic rings. The van der Waals surface area contributed by atoms with Gasteiger partial charge >= 0.3 is 0 Å². The van der Waals surface area contributed by atoms with Gasteiger partial charge in [0.05, 0.1) is 35.4 Å². The summed E-state index contributed by atoms with van der Waals surface area (Å²) in [4.78, 5) is 0. The Morgan fingerprint density at radius 3 is 2.40 bits per heavy atom. The minimum Gasteiger partial charge on any atom is -0.395 e. The van der Waals surface area contributed by atoms with Crippen molar-refractivity contribution < 1.29 is 25.2 Å². The minimum atomic E-state index is -1.40. The van der Waals surface area contributed by atoms with E-state index in [1.165, 1.54) is 0 Å². The summed E-state index contributed by atoms with van der Waals surface area (Å²) in [7, 11) is 0. The van der Waals surface area contributed by atoms with E-state index in [9.17, 15) is 20.4 Å². The number of fused-ring (bicyclic) bond motifs is 1. The van der Waals surface area contributed by atoms with E-state index in [0.717, 1.165) is 0 Å². The smallest absolute Gasteiger partial charge is 0.106 e. The first kappa shape index (κ1) is 14.7. The van der Waals surface area contributed by atoms with Crippen molar-refractivity contribution in [2.75, 3.05) is 6.61 Å². The second-order valence-corrected chi connectivity index (χ2v) is 7.70. The largest absolute Gasteiger partial charge is 0.395 e. The summed E-state index contributed by atoms with van der Waals surface area (Å²) in [5.74, 6) is 0.0144. The van der Waals surface area contributed by atoms with Gasteiger partial charge in [-0.1, -0.05) is 0 Å². The zero-order chi connectivity index (χ0) is 15.0. The van der Waals surface area contributed by atoms with Gasteiger partial charge in [-0.25, -0.2) is 0 Å². The van der Waals surface area contributed by atoms with Crippen LogP contribution in [0.1, 0.15) is 46.5 Å². The lowest BCUT2D eigenvalue weighted by atomic mass is 9.45. The fraction of sp³-hybridized carbons (Fsp3) is 1.00. The highest BCUT2D eigenvalue weighted by molar-refractivity contribution is 5.24. The van der Waals surface area contributed by atoms with Crippen LogP contribution >= 0.6 is 0 Å². The monoisotopic (exact) mass is 286 g/mol. The first-order chi connectivity index (χ1) is 9.13. The lowest BCUT2D eigenvalue weighted by Crippen LogP contribution is -2.81. The molecule has 20 heavy (non-hydrogen) atoms. The number of aliphatic hydroxyl groups is 4. The van der Waals surface area contributed by atoms with Crippen LogP contribution in [0.15, 0.2) is 0 Å². The molecule has 0 spiro atoms. The summed E-state index contributed by atoms with van der Waals surface area (Å²) in [6.07, 6.45) is -0.0129. The highest BCUT2D eigenvalue weighted by Crippen LogP contribution is 2.64. The van der Waals surface area contributed by atoms with Gasteiger partial charge in [-0.05, 0) is 52.4 Å². The molecule has 1 aliphatic heterocycles. The summed E-state index contributed by atoms with van der Waals surface area (Å²) >= 11 is 0. The van der Waals surface area contributed by atoms with Crippen LogP contribution in [0.4, 0.5) is 0 Å². The van der Waals surface area contributed by atoms with Crippen molar-refractivity contribution in [1.29, 1.82) is 0 Å². The summed E-state index contributed by atoms with van der Waals surface area (Å²) in [5, 5.41) is 42.3. The molecule has 0 amide bonds. The van der Waals surface area contributed by atoms with Crippen LogP contribution in [0.25, 0.3) is 0 Å². The van der Waals surface area contributed by atoms with E-state index < -0.39 is 41.0 Å². The van der Waals surface area contributed by atoms with Gasteiger partial charge in [-0.3, -0.25) is 0 Å². The van der Waals surface area contributed by atoms with Gasteiger partial charge in [-0.15, -0.1) is 0 Å². The van der Waals surface area contributed by atoms with Gasteiger partial charge < -0.3 is 25.2 Å². The quantitative estimate of drug-likeness (QED) is 0.552. The van der Waals surface area contributed by atoms with E-state index in [2.05, 4.69) is 0 Å². The van der Waals surface area contributed by atoms with Crippen molar-refractivity contribution >= 4 is 0 Å². The molecule has 4 N–H and O–H groups in total. The third kappa shape index (κ3) is 1.40. The lowest BCUT2D eigenvalue weighted by molar-refractivity contribution is -0.388. The van der Waals surface area contributed by atoms with E-state index in [-0.39, 0.29) is 5.92 Å². The number of ether oxygens (including phenoxy) is 1. The summed E-state index contributed by atoms with van der Waals surface area (Å²) in [5.41, 5.74) is -3.97. The molecule has 2 saturated carbocycles. The Morgan fingerprint density at radius 1 is 1.15 bits per heavy atom. The predicted molar refractivity (Wildman–Crippen MR) is 72.0 cm³/mol. The SMILES string of the molecule is CC1(C)O[C@@]2(C)CC[C@H](O)[C@@]3(CO)[C@H](O)C[C@@H]1C[C@]32O. The maximum absolute atomic E-state index is 11.4. The molecule has 116 valence electrons. The number of hydrogen-bond donors (Lipinski definition) is 4. The van der Waals surface area contributed by atoms with Gasteiger partial charge in [0.2, 0.25) is 0 Å². The van der Waals surface area contributed by atoms with Crippen molar-refractivity contribution in [2.24, 2.45) is 11.3 Å². The molecule has 6 atom stereocenters. The van der Waals surface area contributed by atoms with Gasteiger partial charge in [0.1, 0.15) is 5.60 Å². The lowest BCUT2D eigenvalue weighted by Gasteiger charge is -2.70. The molecule has 5 nitrogen and oxygen atoms in total. The summed E-state index contributed by atoms with van der Waals surface area (Å²) in [6, 6.07) is 0. The number of hydrogen-bond acceptors (Lipinski definition) is 5. The molecule has 3 fully saturated rings. The molecule has 3 aliphatic rings. The first-order valence-corrected chi connectivity index (χ1v) is 7.52. The third-order valence-corrected chi connectivity index (χ3v) is 6.51. The Kier molecular flexibility index (Phi) is 2.91. The second kappa shape index (κ2) is 3.96. The van der Waals surface area contributed by atoms with Gasteiger partial charge in [0.25, 0.3) is 0 Å². The van der Waals surface area contributed by atoms with Gasteiger partial charge in [0.15, 0.2) is 0 Å². The molecule has 0 aromatic carbocycles. The van der Waals surface area contributed by atoms with E-state index in [1.807, 2.05) is 20.8 Å². The molecule has 0 radical (unpaired) electrons. The fourth-order valence-electron chi connectivity index (χ4n) is 5.14. The summed E-state index contributed by atoms with van der Waals surface area (Å²) < 4.78 is 6.24. The zero-order valence-corrected chi connectivity index (χ0v) is 12.5. The van der Waals surface area contributed by atoms with Crippen molar-refractivity contribution in [3.63, 3.8) is 0 Å². The molecule has 0 aromatic heterocycles. The highest BCUT2D eigenvalue weighted by Gasteiger charge is 2.75. The minimum absolute atomic E-state index is 0.0144. The first-order valence-electron chi connectivity index (χ1n) is 7.52. The molecule has 3 rings (SSSR count). The maximum Gasteiger partial charge on any atom is 0.106 e. The van der Waals surface area contributed by atoms with Crippen molar-refractivity contribution in [2.45, 2.75) is 75.5 Å². The van der Waals surface area contributed by atoms with E-state index in [1.54, 1.807) is 0 Å². The average molecular weight is 286 g/mol. The predicted octanol–water partition coefficient (Wildman–Crippen LogP) is 0.189. The molecule has 2 aliphatic carbocycles. The molecule has 1 heterocycles. The van der Waals surface area contributed by atoms with Crippen molar-refractivity contribution in [3.8, 4) is 0 Å². The number of rotatable bonds is 1. The van der Waals surface area contributed by atoms with E-state index >= 15 is 0 Å². The van der Waals surface area contributed by atoms with Gasteiger partial charge in [0, 0.05) is 0 Å². The van der Waals surface area contributed by atoms with Crippen LogP contribution in [0.3, 0.4) is 0 Å².